The Bertz CT molecular complexity index is 398. The van der Waals surface area contributed by atoms with Crippen molar-refractivity contribution in [2.45, 2.75) is 44.7 Å². The van der Waals surface area contributed by atoms with Crippen LogP contribution in [0.15, 0.2) is 0 Å². The number of amides is 2. The average molecular weight is 303 g/mol. The van der Waals surface area contributed by atoms with Crippen molar-refractivity contribution < 1.29 is 29.4 Å². The Morgan fingerprint density at radius 3 is 2.19 bits per heavy atom. The normalized spacial score (nSPS) is 13.0. The van der Waals surface area contributed by atoms with Gasteiger partial charge in [-0.25, -0.2) is 4.79 Å². The summed E-state index contributed by atoms with van der Waals surface area (Å²) >= 11 is 0. The molecule has 0 fully saturated rings. The van der Waals surface area contributed by atoms with Crippen LogP contribution in [0.1, 0.15) is 32.6 Å². The summed E-state index contributed by atoms with van der Waals surface area (Å²) < 4.78 is 0. The summed E-state index contributed by atoms with van der Waals surface area (Å²) in [7, 11) is 0. The fourth-order valence-electron chi connectivity index (χ4n) is 1.50. The minimum absolute atomic E-state index is 0.0700. The van der Waals surface area contributed by atoms with Crippen molar-refractivity contribution in [3.8, 4) is 0 Å². The number of carbonyl (C=O) groups is 4. The Hall–Kier alpha value is -2.16. The summed E-state index contributed by atoms with van der Waals surface area (Å²) in [4.78, 5) is 43.7. The van der Waals surface area contributed by atoms with Crippen LogP contribution in [0.2, 0.25) is 0 Å². The first kappa shape index (κ1) is 18.8. The quantitative estimate of drug-likeness (QED) is 0.312. The van der Waals surface area contributed by atoms with Gasteiger partial charge in [-0.15, -0.1) is 0 Å². The zero-order valence-electron chi connectivity index (χ0n) is 11.8. The second kappa shape index (κ2) is 9.70. The van der Waals surface area contributed by atoms with Crippen LogP contribution in [0.4, 0.5) is 0 Å². The van der Waals surface area contributed by atoms with Gasteiger partial charge >= 0.3 is 11.9 Å². The van der Waals surface area contributed by atoms with Crippen LogP contribution in [0.25, 0.3) is 0 Å². The molecular formula is C12H21N3O6. The molecule has 0 aliphatic heterocycles. The average Bonchev–Trinajstić information content (AvgIpc) is 2.38. The Morgan fingerprint density at radius 2 is 1.71 bits per heavy atom. The highest BCUT2D eigenvalue weighted by Gasteiger charge is 2.20. The fraction of sp³-hybridized carbons (Fsp3) is 0.667. The Balaban J connectivity index is 4.12. The molecule has 120 valence electrons. The molecule has 0 aliphatic carbocycles. The maximum Gasteiger partial charge on any atom is 0.326 e. The van der Waals surface area contributed by atoms with Crippen molar-refractivity contribution in [1.82, 2.24) is 10.6 Å². The van der Waals surface area contributed by atoms with Crippen molar-refractivity contribution in [2.24, 2.45) is 5.73 Å². The maximum atomic E-state index is 11.5. The first-order chi connectivity index (χ1) is 9.73. The van der Waals surface area contributed by atoms with Gasteiger partial charge in [-0.05, 0) is 19.3 Å². The minimum Gasteiger partial charge on any atom is -0.480 e. The van der Waals surface area contributed by atoms with Gasteiger partial charge in [-0.2, -0.15) is 0 Å². The highest BCUT2D eigenvalue weighted by Crippen LogP contribution is 2.00. The lowest BCUT2D eigenvalue weighted by Crippen LogP contribution is -2.42. The zero-order chi connectivity index (χ0) is 16.4. The summed E-state index contributed by atoms with van der Waals surface area (Å²) in [5.74, 6) is -3.19. The molecule has 0 spiro atoms. The van der Waals surface area contributed by atoms with Gasteiger partial charge in [0.2, 0.25) is 11.8 Å². The largest absolute Gasteiger partial charge is 0.480 e. The molecule has 6 N–H and O–H groups in total. The van der Waals surface area contributed by atoms with Crippen molar-refractivity contribution in [3.63, 3.8) is 0 Å². The molecule has 0 radical (unpaired) electrons. The second-order valence-corrected chi connectivity index (χ2v) is 4.57. The van der Waals surface area contributed by atoms with Crippen LogP contribution in [0.3, 0.4) is 0 Å². The minimum atomic E-state index is -1.21. The van der Waals surface area contributed by atoms with Gasteiger partial charge in [0.15, 0.2) is 0 Å². The molecule has 0 saturated heterocycles. The number of carboxylic acids is 2. The Morgan fingerprint density at radius 1 is 1.10 bits per heavy atom. The smallest absolute Gasteiger partial charge is 0.326 e. The number of carboxylic acid groups (broad SMARTS) is 2. The van der Waals surface area contributed by atoms with E-state index in [1.54, 1.807) is 0 Å². The van der Waals surface area contributed by atoms with Gasteiger partial charge in [-0.1, -0.05) is 0 Å². The molecule has 0 aromatic rings. The highest BCUT2D eigenvalue weighted by molar-refractivity contribution is 5.84. The van der Waals surface area contributed by atoms with Gasteiger partial charge < -0.3 is 26.6 Å². The van der Waals surface area contributed by atoms with E-state index < -0.39 is 29.9 Å². The van der Waals surface area contributed by atoms with Crippen LogP contribution >= 0.6 is 0 Å². The summed E-state index contributed by atoms with van der Waals surface area (Å²) in [6.45, 7) is 1.67. The van der Waals surface area contributed by atoms with Crippen LogP contribution in [-0.4, -0.2) is 52.6 Å². The molecular weight excluding hydrogens is 282 g/mol. The highest BCUT2D eigenvalue weighted by atomic mass is 16.4. The third-order valence-electron chi connectivity index (χ3n) is 2.68. The topological polar surface area (TPSA) is 159 Å². The third kappa shape index (κ3) is 9.38. The van der Waals surface area contributed by atoms with E-state index in [2.05, 4.69) is 10.6 Å². The fourth-order valence-corrected chi connectivity index (χ4v) is 1.50. The molecule has 2 atom stereocenters. The Labute approximate surface area is 121 Å². The standard InChI is InChI=1S/C12H21N3O6/c1-7(16)14-6-2-3-9(12(20)21)15-10(17)5-4-8(13)11(18)19/h8-9H,2-6,13H2,1H3,(H,14,16)(H,15,17)(H,18,19)(H,20,21)/t8-,9-/m0/s1. The van der Waals surface area contributed by atoms with E-state index >= 15 is 0 Å². The van der Waals surface area contributed by atoms with E-state index in [9.17, 15) is 19.2 Å². The van der Waals surface area contributed by atoms with Gasteiger partial charge in [-0.3, -0.25) is 14.4 Å². The lowest BCUT2D eigenvalue weighted by atomic mass is 10.1. The van der Waals surface area contributed by atoms with Gasteiger partial charge in [0, 0.05) is 19.9 Å². The van der Waals surface area contributed by atoms with Crippen LogP contribution in [0.5, 0.6) is 0 Å². The van der Waals surface area contributed by atoms with Crippen molar-refractivity contribution in [1.29, 1.82) is 0 Å². The predicted molar refractivity (Wildman–Crippen MR) is 72.3 cm³/mol. The number of nitrogens with two attached hydrogens (primary N) is 1. The molecule has 0 aliphatic rings. The summed E-state index contributed by atoms with van der Waals surface area (Å²) in [6, 6.07) is -2.23. The molecule has 9 nitrogen and oxygen atoms in total. The molecule has 21 heavy (non-hydrogen) atoms. The van der Waals surface area contributed by atoms with E-state index in [-0.39, 0.29) is 25.2 Å². The van der Waals surface area contributed by atoms with E-state index in [4.69, 9.17) is 15.9 Å². The first-order valence-electron chi connectivity index (χ1n) is 6.49. The Kier molecular flexibility index (Phi) is 8.70. The molecule has 0 rings (SSSR count). The van der Waals surface area contributed by atoms with Crippen molar-refractivity contribution in [3.05, 3.63) is 0 Å². The SMILES string of the molecule is CC(=O)NCCC[C@H](NC(=O)CC[C@H](N)C(=O)O)C(=O)O. The van der Waals surface area contributed by atoms with Crippen LogP contribution in [-0.2, 0) is 19.2 Å². The molecule has 0 heterocycles. The first-order valence-corrected chi connectivity index (χ1v) is 6.49. The maximum absolute atomic E-state index is 11.5. The van der Waals surface area contributed by atoms with E-state index in [1.165, 1.54) is 6.92 Å². The monoisotopic (exact) mass is 303 g/mol. The second-order valence-electron chi connectivity index (χ2n) is 4.57. The summed E-state index contributed by atoms with van der Waals surface area (Å²) in [5.41, 5.74) is 5.25. The molecule has 0 aromatic heterocycles. The molecule has 0 unspecified atom stereocenters. The summed E-state index contributed by atoms with van der Waals surface area (Å²) in [6.07, 6.45) is 0.320. The number of hydrogen-bond acceptors (Lipinski definition) is 5. The van der Waals surface area contributed by atoms with E-state index in [0.29, 0.717) is 13.0 Å². The molecule has 0 bridgehead atoms. The van der Waals surface area contributed by atoms with E-state index in [1.807, 2.05) is 0 Å². The molecule has 0 saturated carbocycles. The number of hydrogen-bond donors (Lipinski definition) is 5. The van der Waals surface area contributed by atoms with Gasteiger partial charge in [0.05, 0.1) is 0 Å². The predicted octanol–water partition coefficient (Wildman–Crippen LogP) is -1.34. The number of nitrogens with one attached hydrogen (secondary N) is 2. The number of aliphatic carboxylic acids is 2. The lowest BCUT2D eigenvalue weighted by Gasteiger charge is -2.15. The number of rotatable bonds is 10. The zero-order valence-corrected chi connectivity index (χ0v) is 11.8. The van der Waals surface area contributed by atoms with Gasteiger partial charge in [0.1, 0.15) is 12.1 Å². The van der Waals surface area contributed by atoms with E-state index in [0.717, 1.165) is 0 Å². The van der Waals surface area contributed by atoms with Gasteiger partial charge in [0.25, 0.3) is 0 Å². The molecule has 2 amide bonds. The van der Waals surface area contributed by atoms with Crippen molar-refractivity contribution >= 4 is 23.8 Å². The summed E-state index contributed by atoms with van der Waals surface area (Å²) in [5, 5.41) is 22.4. The molecule has 9 heteroatoms. The van der Waals surface area contributed by atoms with Crippen LogP contribution in [0, 0.1) is 0 Å². The van der Waals surface area contributed by atoms with Crippen molar-refractivity contribution in [2.75, 3.05) is 6.54 Å². The third-order valence-corrected chi connectivity index (χ3v) is 2.68. The van der Waals surface area contributed by atoms with Crippen LogP contribution < -0.4 is 16.4 Å². The lowest BCUT2D eigenvalue weighted by molar-refractivity contribution is -0.142. The number of carbonyl (C=O) groups excluding carboxylic acids is 2. The molecule has 0 aromatic carbocycles.